The molecule has 1 saturated heterocycles. The van der Waals surface area contributed by atoms with Gasteiger partial charge < -0.3 is 15.2 Å². The molecule has 1 aromatic rings. The SMILES string of the molecule is Cc1noc(C)c1CCC(=O)N1CCCCC1CN.Cl. The van der Waals surface area contributed by atoms with Gasteiger partial charge in [0.1, 0.15) is 5.76 Å². The summed E-state index contributed by atoms with van der Waals surface area (Å²) in [6.45, 7) is 5.22. The van der Waals surface area contributed by atoms with E-state index in [-0.39, 0.29) is 24.4 Å². The number of piperidine rings is 1. The quantitative estimate of drug-likeness (QED) is 0.923. The number of carbonyl (C=O) groups is 1. The predicted molar refractivity (Wildman–Crippen MR) is 80.0 cm³/mol. The van der Waals surface area contributed by atoms with Gasteiger partial charge in [-0.05, 0) is 39.5 Å². The Bertz CT molecular complexity index is 428. The molecule has 2 heterocycles. The fourth-order valence-corrected chi connectivity index (χ4v) is 2.81. The molecule has 0 spiro atoms. The number of carbonyl (C=O) groups excluding carboxylic acids is 1. The lowest BCUT2D eigenvalue weighted by molar-refractivity contribution is -0.134. The number of halogens is 1. The van der Waals surface area contributed by atoms with Gasteiger partial charge in [0.25, 0.3) is 0 Å². The Labute approximate surface area is 126 Å². The van der Waals surface area contributed by atoms with Crippen LogP contribution in [-0.4, -0.2) is 35.1 Å². The van der Waals surface area contributed by atoms with Crippen molar-refractivity contribution in [3.8, 4) is 0 Å². The maximum atomic E-state index is 12.3. The molecule has 0 radical (unpaired) electrons. The average Bonchev–Trinajstić information content (AvgIpc) is 2.75. The highest BCUT2D eigenvalue weighted by molar-refractivity contribution is 5.85. The van der Waals surface area contributed by atoms with E-state index in [4.69, 9.17) is 10.3 Å². The lowest BCUT2D eigenvalue weighted by Crippen LogP contribution is -2.47. The molecular formula is C14H24ClN3O2. The lowest BCUT2D eigenvalue weighted by Gasteiger charge is -2.35. The van der Waals surface area contributed by atoms with Crippen LogP contribution in [0.5, 0.6) is 0 Å². The van der Waals surface area contributed by atoms with Crippen LogP contribution < -0.4 is 5.73 Å². The van der Waals surface area contributed by atoms with E-state index in [2.05, 4.69) is 5.16 Å². The molecule has 0 saturated carbocycles. The van der Waals surface area contributed by atoms with Crippen LogP contribution >= 0.6 is 12.4 Å². The Balaban J connectivity index is 0.00000200. The molecule has 5 nitrogen and oxygen atoms in total. The summed E-state index contributed by atoms with van der Waals surface area (Å²) in [5, 5.41) is 3.92. The normalized spacial score (nSPS) is 18.8. The first-order valence-corrected chi connectivity index (χ1v) is 7.04. The Kier molecular flexibility index (Phi) is 6.49. The molecule has 0 aromatic carbocycles. The molecule has 1 atom stereocenters. The summed E-state index contributed by atoms with van der Waals surface area (Å²) >= 11 is 0. The number of nitrogens with zero attached hydrogens (tertiary/aromatic N) is 2. The van der Waals surface area contributed by atoms with E-state index < -0.39 is 0 Å². The first kappa shape index (κ1) is 17.0. The highest BCUT2D eigenvalue weighted by Gasteiger charge is 2.25. The molecule has 20 heavy (non-hydrogen) atoms. The highest BCUT2D eigenvalue weighted by Crippen LogP contribution is 2.19. The van der Waals surface area contributed by atoms with Gasteiger partial charge in [0.05, 0.1) is 5.69 Å². The van der Waals surface area contributed by atoms with Crippen molar-refractivity contribution in [2.45, 2.75) is 52.0 Å². The van der Waals surface area contributed by atoms with Crippen LogP contribution in [0.4, 0.5) is 0 Å². The van der Waals surface area contributed by atoms with Crippen LogP contribution in [0.3, 0.4) is 0 Å². The molecule has 0 aliphatic carbocycles. The maximum Gasteiger partial charge on any atom is 0.223 e. The maximum absolute atomic E-state index is 12.3. The third-order valence-corrected chi connectivity index (χ3v) is 3.99. The zero-order valence-electron chi connectivity index (χ0n) is 12.2. The summed E-state index contributed by atoms with van der Waals surface area (Å²) in [6, 6.07) is 0.228. The van der Waals surface area contributed by atoms with Crippen LogP contribution in [-0.2, 0) is 11.2 Å². The van der Waals surface area contributed by atoms with Gasteiger partial charge in [-0.2, -0.15) is 0 Å². The molecule has 1 aromatic heterocycles. The second-order valence-electron chi connectivity index (χ2n) is 5.28. The summed E-state index contributed by atoms with van der Waals surface area (Å²) < 4.78 is 5.12. The van der Waals surface area contributed by atoms with E-state index in [0.29, 0.717) is 19.4 Å². The molecule has 114 valence electrons. The van der Waals surface area contributed by atoms with Gasteiger partial charge in [0, 0.05) is 31.1 Å². The average molecular weight is 302 g/mol. The van der Waals surface area contributed by atoms with Gasteiger partial charge in [0.2, 0.25) is 5.91 Å². The van der Waals surface area contributed by atoms with Gasteiger partial charge in [-0.15, -0.1) is 12.4 Å². The Morgan fingerprint density at radius 1 is 1.45 bits per heavy atom. The highest BCUT2D eigenvalue weighted by atomic mass is 35.5. The van der Waals surface area contributed by atoms with E-state index in [1.807, 2.05) is 18.7 Å². The Morgan fingerprint density at radius 2 is 2.20 bits per heavy atom. The molecule has 0 bridgehead atoms. The smallest absolute Gasteiger partial charge is 0.223 e. The van der Waals surface area contributed by atoms with E-state index in [1.165, 1.54) is 6.42 Å². The van der Waals surface area contributed by atoms with Crippen molar-refractivity contribution in [3.05, 3.63) is 17.0 Å². The molecule has 1 unspecified atom stereocenters. The minimum atomic E-state index is 0. The molecule has 1 aliphatic heterocycles. The fraction of sp³-hybridized carbons (Fsp3) is 0.714. The first-order valence-electron chi connectivity index (χ1n) is 7.04. The number of hydrogen-bond donors (Lipinski definition) is 1. The van der Waals surface area contributed by atoms with E-state index in [9.17, 15) is 4.79 Å². The molecule has 1 amide bonds. The standard InChI is InChI=1S/C14H23N3O2.ClH/c1-10-13(11(2)19-16-10)6-7-14(18)17-8-4-3-5-12(17)9-15;/h12H,3-9,15H2,1-2H3;1H. The van der Waals surface area contributed by atoms with E-state index in [0.717, 1.165) is 36.4 Å². The molecule has 2 N–H and O–H groups in total. The van der Waals surface area contributed by atoms with Crippen LogP contribution in [0, 0.1) is 13.8 Å². The number of rotatable bonds is 4. The summed E-state index contributed by atoms with van der Waals surface area (Å²) in [4.78, 5) is 14.3. The predicted octanol–water partition coefficient (Wildman–Crippen LogP) is 1.99. The topological polar surface area (TPSA) is 72.4 Å². The zero-order chi connectivity index (χ0) is 13.8. The minimum absolute atomic E-state index is 0. The van der Waals surface area contributed by atoms with Crippen LogP contribution in [0.1, 0.15) is 42.7 Å². The number of likely N-dealkylation sites (tertiary alicyclic amines) is 1. The fourth-order valence-electron chi connectivity index (χ4n) is 2.81. The summed E-state index contributed by atoms with van der Waals surface area (Å²) in [7, 11) is 0. The monoisotopic (exact) mass is 301 g/mol. The van der Waals surface area contributed by atoms with Crippen molar-refractivity contribution in [1.82, 2.24) is 10.1 Å². The molecular weight excluding hydrogens is 278 g/mol. The molecule has 2 rings (SSSR count). The van der Waals surface area contributed by atoms with Crippen LogP contribution in [0.25, 0.3) is 0 Å². The summed E-state index contributed by atoms with van der Waals surface area (Å²) in [6.07, 6.45) is 4.52. The van der Waals surface area contributed by atoms with Crippen molar-refractivity contribution in [1.29, 1.82) is 0 Å². The third kappa shape index (κ3) is 3.73. The Morgan fingerprint density at radius 3 is 2.80 bits per heavy atom. The molecule has 1 aliphatic rings. The second-order valence-corrected chi connectivity index (χ2v) is 5.28. The van der Waals surface area contributed by atoms with Crippen molar-refractivity contribution in [3.63, 3.8) is 0 Å². The lowest BCUT2D eigenvalue weighted by atomic mass is 10.0. The number of aryl methyl sites for hydroxylation is 2. The molecule has 6 heteroatoms. The van der Waals surface area contributed by atoms with Gasteiger partial charge in [0.15, 0.2) is 0 Å². The zero-order valence-corrected chi connectivity index (χ0v) is 13.0. The van der Waals surface area contributed by atoms with Crippen LogP contribution in [0.2, 0.25) is 0 Å². The minimum Gasteiger partial charge on any atom is -0.361 e. The van der Waals surface area contributed by atoms with Crippen molar-refractivity contribution in [2.75, 3.05) is 13.1 Å². The molecule has 1 fully saturated rings. The second kappa shape index (κ2) is 7.64. The van der Waals surface area contributed by atoms with Crippen molar-refractivity contribution >= 4 is 18.3 Å². The summed E-state index contributed by atoms with van der Waals surface area (Å²) in [5.74, 6) is 1.02. The third-order valence-electron chi connectivity index (χ3n) is 3.99. The van der Waals surface area contributed by atoms with E-state index in [1.54, 1.807) is 0 Å². The number of amides is 1. The van der Waals surface area contributed by atoms with Gasteiger partial charge in [-0.25, -0.2) is 0 Å². The van der Waals surface area contributed by atoms with Crippen molar-refractivity contribution < 1.29 is 9.32 Å². The van der Waals surface area contributed by atoms with E-state index >= 15 is 0 Å². The largest absolute Gasteiger partial charge is 0.361 e. The summed E-state index contributed by atoms with van der Waals surface area (Å²) in [5.41, 5.74) is 7.70. The van der Waals surface area contributed by atoms with Crippen LogP contribution in [0.15, 0.2) is 4.52 Å². The first-order chi connectivity index (χ1) is 9.13. The van der Waals surface area contributed by atoms with Gasteiger partial charge in [-0.1, -0.05) is 5.16 Å². The van der Waals surface area contributed by atoms with Gasteiger partial charge in [-0.3, -0.25) is 4.79 Å². The number of hydrogen-bond acceptors (Lipinski definition) is 4. The Hall–Kier alpha value is -1.07. The van der Waals surface area contributed by atoms with Gasteiger partial charge >= 0.3 is 0 Å². The van der Waals surface area contributed by atoms with Crippen molar-refractivity contribution in [2.24, 2.45) is 5.73 Å². The number of aromatic nitrogens is 1. The number of nitrogens with two attached hydrogens (primary N) is 1.